The second-order valence-electron chi connectivity index (χ2n) is 18.3. The van der Waals surface area contributed by atoms with Crippen molar-refractivity contribution in [2.75, 3.05) is 0 Å². The summed E-state index contributed by atoms with van der Waals surface area (Å²) in [5.41, 5.74) is 20.3. The molecule has 4 nitrogen and oxygen atoms in total. The van der Waals surface area contributed by atoms with Gasteiger partial charge in [-0.05, 0) is 103 Å². The quantitative estimate of drug-likeness (QED) is 0.137. The van der Waals surface area contributed by atoms with E-state index in [2.05, 4.69) is 249 Å². The summed E-state index contributed by atoms with van der Waals surface area (Å²) >= 11 is 0. The van der Waals surface area contributed by atoms with Crippen molar-refractivity contribution >= 4 is 21.9 Å². The van der Waals surface area contributed by atoms with Crippen LogP contribution in [-0.2, 0) is 0 Å². The molecule has 11 aromatic carbocycles. The van der Waals surface area contributed by atoms with Gasteiger partial charge in [-0.25, -0.2) is 15.0 Å². The monoisotopic (exact) mass is 931 g/mol. The van der Waals surface area contributed by atoms with Crippen molar-refractivity contribution in [2.45, 2.75) is 0 Å². The molecule has 342 valence electrons. The van der Waals surface area contributed by atoms with Crippen LogP contribution in [0.15, 0.2) is 277 Å². The number of hydrogen-bond acceptors (Lipinski definition) is 4. The SMILES string of the molecule is c1ccc(-c2cccc(-c3ccc(-c4nc(-c5ccc(-c6cccc(-c7cccc(-c8cccc9c8oc8ccccc89)c7)c6)cc5)nc(-c5ccccc5-c5cccc(-c6ccccc6)c5)n4)cc3)c2)cc1. The largest absolute Gasteiger partial charge is 0.455 e. The fourth-order valence-electron chi connectivity index (χ4n) is 10.0. The molecule has 0 amide bonds. The average Bonchev–Trinajstić information content (AvgIpc) is 3.87. The first-order chi connectivity index (χ1) is 36.1. The molecule has 0 bridgehead atoms. The van der Waals surface area contributed by atoms with E-state index in [1.807, 2.05) is 24.3 Å². The number of para-hydroxylation sites is 2. The zero-order valence-corrected chi connectivity index (χ0v) is 39.7. The maximum Gasteiger partial charge on any atom is 0.164 e. The minimum atomic E-state index is 0.601. The van der Waals surface area contributed by atoms with Gasteiger partial charge >= 0.3 is 0 Å². The molecular formula is C69H45N3O. The number of nitrogens with zero attached hydrogens (tertiary/aromatic N) is 3. The molecule has 0 radical (unpaired) electrons. The highest BCUT2D eigenvalue weighted by Crippen LogP contribution is 2.39. The Hall–Kier alpha value is -9.77. The van der Waals surface area contributed by atoms with Gasteiger partial charge in [0.15, 0.2) is 17.5 Å². The third-order valence-electron chi connectivity index (χ3n) is 13.8. The van der Waals surface area contributed by atoms with Crippen LogP contribution in [0.5, 0.6) is 0 Å². The number of rotatable bonds is 10. The molecule has 73 heavy (non-hydrogen) atoms. The van der Waals surface area contributed by atoms with Gasteiger partial charge in [-0.3, -0.25) is 0 Å². The topological polar surface area (TPSA) is 51.8 Å². The van der Waals surface area contributed by atoms with Gasteiger partial charge in [0.1, 0.15) is 11.2 Å². The Kier molecular flexibility index (Phi) is 11.2. The number of fused-ring (bicyclic) bond motifs is 3. The van der Waals surface area contributed by atoms with Gasteiger partial charge in [0, 0.05) is 33.0 Å². The molecule has 0 atom stereocenters. The minimum Gasteiger partial charge on any atom is -0.455 e. The Morgan fingerprint density at radius 3 is 1.07 bits per heavy atom. The third kappa shape index (κ3) is 8.58. The molecule has 13 aromatic rings. The molecule has 0 aliphatic rings. The van der Waals surface area contributed by atoms with Gasteiger partial charge in [0.05, 0.1) is 0 Å². The van der Waals surface area contributed by atoms with E-state index in [4.69, 9.17) is 19.4 Å². The van der Waals surface area contributed by atoms with Crippen LogP contribution in [0, 0.1) is 0 Å². The molecule has 2 heterocycles. The van der Waals surface area contributed by atoms with Crippen molar-refractivity contribution in [2.24, 2.45) is 0 Å². The number of aromatic nitrogens is 3. The van der Waals surface area contributed by atoms with Crippen molar-refractivity contribution in [3.8, 4) is 112 Å². The third-order valence-corrected chi connectivity index (χ3v) is 13.8. The summed E-state index contributed by atoms with van der Waals surface area (Å²) in [6.45, 7) is 0. The zero-order chi connectivity index (χ0) is 48.5. The zero-order valence-electron chi connectivity index (χ0n) is 39.7. The molecule has 0 fully saturated rings. The Morgan fingerprint density at radius 2 is 0.534 bits per heavy atom. The highest BCUT2D eigenvalue weighted by Gasteiger charge is 2.18. The summed E-state index contributed by atoms with van der Waals surface area (Å²) in [4.78, 5) is 15.7. The van der Waals surface area contributed by atoms with Crippen LogP contribution in [0.25, 0.3) is 134 Å². The fraction of sp³-hybridized carbons (Fsp3) is 0. The van der Waals surface area contributed by atoms with Crippen molar-refractivity contribution in [3.63, 3.8) is 0 Å². The van der Waals surface area contributed by atoms with Gasteiger partial charge in [0.2, 0.25) is 0 Å². The highest BCUT2D eigenvalue weighted by molar-refractivity contribution is 6.09. The van der Waals surface area contributed by atoms with Crippen LogP contribution in [0.4, 0.5) is 0 Å². The van der Waals surface area contributed by atoms with E-state index >= 15 is 0 Å². The van der Waals surface area contributed by atoms with Crippen molar-refractivity contribution < 1.29 is 4.42 Å². The summed E-state index contributed by atoms with van der Waals surface area (Å²) in [5.74, 6) is 1.81. The van der Waals surface area contributed by atoms with E-state index < -0.39 is 0 Å². The Balaban J connectivity index is 0.855. The van der Waals surface area contributed by atoms with E-state index in [9.17, 15) is 0 Å². The molecule has 0 N–H and O–H groups in total. The molecule has 2 aromatic heterocycles. The Bertz CT molecular complexity index is 4120. The molecular weight excluding hydrogens is 887 g/mol. The van der Waals surface area contributed by atoms with Crippen molar-refractivity contribution in [1.29, 1.82) is 0 Å². The van der Waals surface area contributed by atoms with Gasteiger partial charge < -0.3 is 4.42 Å². The summed E-state index contributed by atoms with van der Waals surface area (Å²) in [5, 5.41) is 2.25. The first-order valence-electron chi connectivity index (χ1n) is 24.6. The van der Waals surface area contributed by atoms with Gasteiger partial charge in [-0.2, -0.15) is 0 Å². The standard InChI is InChI=1S/C69H45N3O/c1-3-16-46(17-4-1)52-20-11-21-53(42-52)48-34-38-50(39-35-48)67-70-68(72-69(71-67)64-30-8-7-28-60(64)58-26-13-23-55(44-58)47-18-5-2-6-19-47)51-40-36-49(37-41-51)54-22-12-24-56(43-54)57-25-14-27-59(45-57)61-31-15-32-63-62-29-9-10-33-65(62)73-66(61)63/h1-45H. The summed E-state index contributed by atoms with van der Waals surface area (Å²) in [6, 6.07) is 96.0. The predicted octanol–water partition coefficient (Wildman–Crippen LogP) is 18.4. The summed E-state index contributed by atoms with van der Waals surface area (Å²) < 4.78 is 6.42. The van der Waals surface area contributed by atoms with E-state index in [0.29, 0.717) is 17.5 Å². The molecule has 0 saturated heterocycles. The normalized spacial score (nSPS) is 11.3. The highest BCUT2D eigenvalue weighted by atomic mass is 16.3. The smallest absolute Gasteiger partial charge is 0.164 e. The minimum absolute atomic E-state index is 0.601. The lowest BCUT2D eigenvalue weighted by Crippen LogP contribution is -2.01. The maximum absolute atomic E-state index is 6.42. The summed E-state index contributed by atoms with van der Waals surface area (Å²) in [6.07, 6.45) is 0. The van der Waals surface area contributed by atoms with E-state index in [-0.39, 0.29) is 0 Å². The van der Waals surface area contributed by atoms with Crippen molar-refractivity contribution in [3.05, 3.63) is 273 Å². The molecule has 0 spiro atoms. The Labute approximate surface area is 424 Å². The first kappa shape index (κ1) is 43.3. The van der Waals surface area contributed by atoms with E-state index in [1.54, 1.807) is 0 Å². The molecule has 0 aliphatic heterocycles. The lowest BCUT2D eigenvalue weighted by Gasteiger charge is -2.13. The van der Waals surface area contributed by atoms with Crippen LogP contribution in [0.2, 0.25) is 0 Å². The molecule has 0 saturated carbocycles. The van der Waals surface area contributed by atoms with Crippen LogP contribution in [-0.4, -0.2) is 15.0 Å². The molecule has 13 rings (SSSR count). The molecule has 0 unspecified atom stereocenters. The van der Waals surface area contributed by atoms with Gasteiger partial charge in [-0.1, -0.05) is 243 Å². The molecule has 0 aliphatic carbocycles. The molecule has 4 heteroatoms. The number of furan rings is 1. The van der Waals surface area contributed by atoms with E-state index in [1.165, 1.54) is 16.7 Å². The summed E-state index contributed by atoms with van der Waals surface area (Å²) in [7, 11) is 0. The van der Waals surface area contributed by atoms with E-state index in [0.717, 1.165) is 99.8 Å². The maximum atomic E-state index is 6.42. The average molecular weight is 932 g/mol. The number of benzene rings is 11. The van der Waals surface area contributed by atoms with Crippen LogP contribution in [0.1, 0.15) is 0 Å². The lowest BCUT2D eigenvalue weighted by molar-refractivity contribution is 0.670. The second-order valence-corrected chi connectivity index (χ2v) is 18.3. The van der Waals surface area contributed by atoms with Crippen molar-refractivity contribution in [1.82, 2.24) is 15.0 Å². The van der Waals surface area contributed by atoms with Crippen LogP contribution >= 0.6 is 0 Å². The second kappa shape index (κ2) is 18.9. The Morgan fingerprint density at radius 1 is 0.205 bits per heavy atom. The number of hydrogen-bond donors (Lipinski definition) is 0. The predicted molar refractivity (Wildman–Crippen MR) is 301 cm³/mol. The lowest BCUT2D eigenvalue weighted by atomic mass is 9.95. The van der Waals surface area contributed by atoms with Gasteiger partial charge in [-0.15, -0.1) is 0 Å². The van der Waals surface area contributed by atoms with Crippen LogP contribution < -0.4 is 0 Å². The first-order valence-corrected chi connectivity index (χ1v) is 24.6. The fourth-order valence-corrected chi connectivity index (χ4v) is 10.0. The van der Waals surface area contributed by atoms with Gasteiger partial charge in [0.25, 0.3) is 0 Å². The van der Waals surface area contributed by atoms with Crippen LogP contribution in [0.3, 0.4) is 0 Å².